The van der Waals surface area contributed by atoms with Crippen LogP contribution in [0.15, 0.2) is 48.5 Å². The molecule has 0 saturated heterocycles. The van der Waals surface area contributed by atoms with E-state index in [1.54, 1.807) is 18.0 Å². The number of hydrogen-bond donors (Lipinski definition) is 1. The number of likely N-dealkylation sites (N-methyl/N-ethyl adjacent to an activating group) is 1. The molecule has 5 heteroatoms. The number of benzene rings is 2. The van der Waals surface area contributed by atoms with E-state index in [-0.39, 0.29) is 18.2 Å². The van der Waals surface area contributed by atoms with Crippen molar-refractivity contribution in [1.29, 1.82) is 0 Å². The molecule has 2 amide bonds. The highest BCUT2D eigenvalue weighted by molar-refractivity contribution is 6.31. The van der Waals surface area contributed by atoms with E-state index in [1.165, 1.54) is 0 Å². The molecule has 0 saturated carbocycles. The van der Waals surface area contributed by atoms with Crippen molar-refractivity contribution in [3.05, 3.63) is 70.2 Å². The second-order valence-corrected chi connectivity index (χ2v) is 6.72. The molecule has 0 heterocycles. The van der Waals surface area contributed by atoms with Crippen molar-refractivity contribution >= 4 is 23.4 Å². The van der Waals surface area contributed by atoms with E-state index in [0.29, 0.717) is 18.0 Å². The van der Waals surface area contributed by atoms with Gasteiger partial charge in [0, 0.05) is 18.6 Å². The molecule has 1 N–H and O–H groups in total. The standard InChI is InChI=1S/C21H25ClN2O2/c1-4-19(21(26)23-3)24(14-16-11-9-15(2)10-12-16)20(25)13-17-7-5-6-8-18(17)22/h5-12,19H,4,13-14H2,1-3H3,(H,23,26)/t19-/m1/s1. The predicted molar refractivity (Wildman–Crippen MR) is 105 cm³/mol. The maximum absolute atomic E-state index is 13.0. The van der Waals surface area contributed by atoms with Gasteiger partial charge in [-0.2, -0.15) is 0 Å². The lowest BCUT2D eigenvalue weighted by atomic mass is 10.1. The van der Waals surface area contributed by atoms with Gasteiger partial charge in [0.25, 0.3) is 0 Å². The van der Waals surface area contributed by atoms with Gasteiger partial charge in [-0.05, 0) is 30.5 Å². The predicted octanol–water partition coefficient (Wildman–Crippen LogP) is 3.74. The zero-order valence-electron chi connectivity index (χ0n) is 15.5. The maximum atomic E-state index is 13.0. The number of carbonyl (C=O) groups is 2. The second-order valence-electron chi connectivity index (χ2n) is 6.31. The van der Waals surface area contributed by atoms with E-state index >= 15 is 0 Å². The van der Waals surface area contributed by atoms with E-state index < -0.39 is 6.04 Å². The zero-order valence-corrected chi connectivity index (χ0v) is 16.2. The summed E-state index contributed by atoms with van der Waals surface area (Å²) in [5.74, 6) is -0.277. The fraction of sp³-hybridized carbons (Fsp3) is 0.333. The Morgan fingerprint density at radius 2 is 1.77 bits per heavy atom. The fourth-order valence-corrected chi connectivity index (χ4v) is 3.09. The quantitative estimate of drug-likeness (QED) is 0.804. The minimum absolute atomic E-state index is 0.117. The van der Waals surface area contributed by atoms with Gasteiger partial charge in [0.2, 0.25) is 11.8 Å². The molecule has 26 heavy (non-hydrogen) atoms. The molecule has 0 spiro atoms. The topological polar surface area (TPSA) is 49.4 Å². The highest BCUT2D eigenvalue weighted by atomic mass is 35.5. The monoisotopic (exact) mass is 372 g/mol. The number of nitrogens with zero attached hydrogens (tertiary/aromatic N) is 1. The Hall–Kier alpha value is -2.33. The molecule has 0 fully saturated rings. The normalized spacial score (nSPS) is 11.7. The van der Waals surface area contributed by atoms with Crippen molar-refractivity contribution < 1.29 is 9.59 Å². The molecule has 0 aromatic heterocycles. The lowest BCUT2D eigenvalue weighted by molar-refractivity contribution is -0.140. The van der Waals surface area contributed by atoms with Crippen LogP contribution in [0.25, 0.3) is 0 Å². The lowest BCUT2D eigenvalue weighted by Gasteiger charge is -2.30. The van der Waals surface area contributed by atoms with E-state index in [4.69, 9.17) is 11.6 Å². The highest BCUT2D eigenvalue weighted by Crippen LogP contribution is 2.19. The highest BCUT2D eigenvalue weighted by Gasteiger charge is 2.28. The largest absolute Gasteiger partial charge is 0.357 e. The molecular weight excluding hydrogens is 348 g/mol. The Labute approximate surface area is 160 Å². The third-order valence-corrected chi connectivity index (χ3v) is 4.77. The Bertz CT molecular complexity index is 759. The van der Waals surface area contributed by atoms with E-state index in [0.717, 1.165) is 16.7 Å². The minimum Gasteiger partial charge on any atom is -0.357 e. The van der Waals surface area contributed by atoms with E-state index in [9.17, 15) is 9.59 Å². The second kappa shape index (κ2) is 9.39. The molecule has 0 aliphatic heterocycles. The smallest absolute Gasteiger partial charge is 0.242 e. The van der Waals surface area contributed by atoms with E-state index in [2.05, 4.69) is 5.32 Å². The third-order valence-electron chi connectivity index (χ3n) is 4.41. The molecule has 2 aromatic carbocycles. The molecule has 0 aliphatic carbocycles. The van der Waals surface area contributed by atoms with Crippen LogP contribution in [-0.4, -0.2) is 29.8 Å². The Balaban J connectivity index is 2.29. The maximum Gasteiger partial charge on any atom is 0.242 e. The van der Waals surface area contributed by atoms with Gasteiger partial charge in [0.1, 0.15) is 6.04 Å². The van der Waals surface area contributed by atoms with Crippen LogP contribution in [0.4, 0.5) is 0 Å². The van der Waals surface area contributed by atoms with Crippen LogP contribution >= 0.6 is 11.6 Å². The number of hydrogen-bond acceptors (Lipinski definition) is 2. The molecule has 2 rings (SSSR count). The SMILES string of the molecule is CC[C@H](C(=O)NC)N(Cc1ccc(C)cc1)C(=O)Cc1ccccc1Cl. The molecule has 4 nitrogen and oxygen atoms in total. The number of nitrogens with one attached hydrogen (secondary N) is 1. The molecule has 0 radical (unpaired) electrons. The number of halogens is 1. The molecule has 138 valence electrons. The number of carbonyl (C=O) groups excluding carboxylic acids is 2. The molecular formula is C21H25ClN2O2. The van der Waals surface area contributed by atoms with Crippen LogP contribution in [0.3, 0.4) is 0 Å². The van der Waals surface area contributed by atoms with Crippen molar-refractivity contribution in [1.82, 2.24) is 10.2 Å². The van der Waals surface area contributed by atoms with Gasteiger partial charge in [-0.25, -0.2) is 0 Å². The Morgan fingerprint density at radius 1 is 1.12 bits per heavy atom. The number of amides is 2. The summed E-state index contributed by atoms with van der Waals surface area (Å²) in [5.41, 5.74) is 2.91. The summed E-state index contributed by atoms with van der Waals surface area (Å²) in [6, 6.07) is 14.8. The van der Waals surface area contributed by atoms with Gasteiger partial charge in [-0.3, -0.25) is 9.59 Å². The van der Waals surface area contributed by atoms with Crippen LogP contribution in [0.1, 0.15) is 30.0 Å². The summed E-state index contributed by atoms with van der Waals surface area (Å²) < 4.78 is 0. The van der Waals surface area contributed by atoms with Crippen molar-refractivity contribution in [3.63, 3.8) is 0 Å². The van der Waals surface area contributed by atoms with Gasteiger partial charge in [0.15, 0.2) is 0 Å². The number of aryl methyl sites for hydroxylation is 1. The first-order valence-corrected chi connectivity index (χ1v) is 9.14. The molecule has 0 unspecified atom stereocenters. The summed E-state index contributed by atoms with van der Waals surface area (Å²) in [6.45, 7) is 4.31. The summed E-state index contributed by atoms with van der Waals surface area (Å²) in [6.07, 6.45) is 0.707. The van der Waals surface area contributed by atoms with Crippen LogP contribution < -0.4 is 5.32 Å². The van der Waals surface area contributed by atoms with Gasteiger partial charge in [-0.15, -0.1) is 0 Å². The first-order chi connectivity index (χ1) is 12.5. The molecule has 2 aromatic rings. The first kappa shape index (κ1) is 20.0. The van der Waals surface area contributed by atoms with Crippen molar-refractivity contribution in [3.8, 4) is 0 Å². The summed E-state index contributed by atoms with van der Waals surface area (Å²) in [5, 5.41) is 3.22. The van der Waals surface area contributed by atoms with Gasteiger partial charge >= 0.3 is 0 Å². The first-order valence-electron chi connectivity index (χ1n) is 8.76. The van der Waals surface area contributed by atoms with Gasteiger partial charge in [0.05, 0.1) is 6.42 Å². The van der Waals surface area contributed by atoms with Crippen LogP contribution in [-0.2, 0) is 22.6 Å². The molecule has 1 atom stereocenters. The zero-order chi connectivity index (χ0) is 19.1. The van der Waals surface area contributed by atoms with Gasteiger partial charge in [-0.1, -0.05) is 66.6 Å². The lowest BCUT2D eigenvalue weighted by Crippen LogP contribution is -2.48. The van der Waals surface area contributed by atoms with Crippen molar-refractivity contribution in [2.45, 2.75) is 39.3 Å². The molecule has 0 bridgehead atoms. The van der Waals surface area contributed by atoms with Gasteiger partial charge < -0.3 is 10.2 Å². The molecule has 0 aliphatic rings. The van der Waals surface area contributed by atoms with Crippen molar-refractivity contribution in [2.24, 2.45) is 0 Å². The summed E-state index contributed by atoms with van der Waals surface area (Å²) in [7, 11) is 1.59. The average molecular weight is 373 g/mol. The van der Waals surface area contributed by atoms with Crippen molar-refractivity contribution in [2.75, 3.05) is 7.05 Å². The van der Waals surface area contributed by atoms with Crippen LogP contribution in [0.2, 0.25) is 5.02 Å². The Kier molecular flexibility index (Phi) is 7.22. The number of rotatable bonds is 7. The minimum atomic E-state index is -0.517. The summed E-state index contributed by atoms with van der Waals surface area (Å²) >= 11 is 6.20. The van der Waals surface area contributed by atoms with E-state index in [1.807, 2.05) is 56.3 Å². The van der Waals surface area contributed by atoms with Crippen LogP contribution in [0, 0.1) is 6.92 Å². The average Bonchev–Trinajstić information content (AvgIpc) is 2.64. The third kappa shape index (κ3) is 5.09. The Morgan fingerprint density at radius 3 is 2.35 bits per heavy atom. The fourth-order valence-electron chi connectivity index (χ4n) is 2.88. The summed E-state index contributed by atoms with van der Waals surface area (Å²) in [4.78, 5) is 27.0. The van der Waals surface area contributed by atoms with Crippen LogP contribution in [0.5, 0.6) is 0 Å².